The van der Waals surface area contributed by atoms with E-state index >= 15 is 0 Å². The number of carbonyl (C=O) groups excluding carboxylic acids is 1. The van der Waals surface area contributed by atoms with Crippen LogP contribution in [0.3, 0.4) is 0 Å². The second kappa shape index (κ2) is 3.55. The van der Waals surface area contributed by atoms with Crippen molar-refractivity contribution in [2.24, 2.45) is 0 Å². The molecule has 0 aromatic heterocycles. The molecule has 2 rings (SSSR count). The largest absolute Gasteiger partial charge is 0.497 e. The first-order chi connectivity index (χ1) is 7.14. The van der Waals surface area contributed by atoms with Crippen molar-refractivity contribution in [2.75, 3.05) is 7.11 Å². The lowest BCUT2D eigenvalue weighted by Crippen LogP contribution is -2.24. The van der Waals surface area contributed by atoms with Gasteiger partial charge < -0.3 is 14.6 Å². The highest BCUT2D eigenvalue weighted by Crippen LogP contribution is 2.35. The van der Waals surface area contributed by atoms with Gasteiger partial charge in [0.25, 0.3) is 0 Å². The van der Waals surface area contributed by atoms with Crippen molar-refractivity contribution in [1.82, 2.24) is 0 Å². The van der Waals surface area contributed by atoms with E-state index in [1.165, 1.54) is 0 Å². The number of aliphatic hydroxyl groups is 1. The predicted octanol–water partition coefficient (Wildman–Crippen LogP) is 1.18. The van der Waals surface area contributed by atoms with Crippen LogP contribution in [0.4, 0.5) is 0 Å². The zero-order valence-corrected chi connectivity index (χ0v) is 8.40. The van der Waals surface area contributed by atoms with Gasteiger partial charge in [-0.05, 0) is 12.1 Å². The molecular weight excluding hydrogens is 196 g/mol. The van der Waals surface area contributed by atoms with Gasteiger partial charge in [-0.1, -0.05) is 12.1 Å². The molecule has 1 aromatic carbocycles. The number of esters is 1. The molecule has 1 N–H and O–H groups in total. The highest BCUT2D eigenvalue weighted by atomic mass is 16.7. The highest BCUT2D eigenvalue weighted by molar-refractivity contribution is 5.72. The van der Waals surface area contributed by atoms with Gasteiger partial charge in [-0.15, -0.1) is 0 Å². The van der Waals surface area contributed by atoms with Gasteiger partial charge in [-0.3, -0.25) is 4.79 Å². The first kappa shape index (κ1) is 9.98. The predicted molar refractivity (Wildman–Crippen MR) is 52.2 cm³/mol. The van der Waals surface area contributed by atoms with E-state index in [1.807, 2.05) is 0 Å². The molecule has 0 unspecified atom stereocenters. The molecule has 0 radical (unpaired) electrons. The standard InChI is InChI=1S/C11H12O4/c1-14-9-4-2-3-8(7-9)11(13)6-5-10(12)15-11/h2-4,7,13H,5-6H2,1H3/t11-/m0/s1. The highest BCUT2D eigenvalue weighted by Gasteiger charge is 2.40. The number of hydrogen-bond donors (Lipinski definition) is 1. The number of benzene rings is 1. The van der Waals surface area contributed by atoms with Gasteiger partial charge in [0.2, 0.25) is 5.79 Å². The fourth-order valence-electron chi connectivity index (χ4n) is 1.63. The Morgan fingerprint density at radius 1 is 1.53 bits per heavy atom. The van der Waals surface area contributed by atoms with Crippen LogP contribution in [0, 0.1) is 0 Å². The summed E-state index contributed by atoms with van der Waals surface area (Å²) in [6.45, 7) is 0. The molecule has 0 amide bonds. The van der Waals surface area contributed by atoms with E-state index in [0.717, 1.165) is 0 Å². The molecule has 4 heteroatoms. The fraction of sp³-hybridized carbons (Fsp3) is 0.364. The summed E-state index contributed by atoms with van der Waals surface area (Å²) in [5.74, 6) is -1.23. The van der Waals surface area contributed by atoms with Crippen LogP contribution in [-0.4, -0.2) is 18.2 Å². The second-order valence-corrected chi connectivity index (χ2v) is 3.49. The number of rotatable bonds is 2. The third kappa shape index (κ3) is 1.80. The second-order valence-electron chi connectivity index (χ2n) is 3.49. The summed E-state index contributed by atoms with van der Waals surface area (Å²) >= 11 is 0. The Kier molecular flexibility index (Phi) is 2.36. The molecule has 80 valence electrons. The summed E-state index contributed by atoms with van der Waals surface area (Å²) in [7, 11) is 1.55. The summed E-state index contributed by atoms with van der Waals surface area (Å²) in [6, 6.07) is 6.89. The van der Waals surface area contributed by atoms with Crippen molar-refractivity contribution in [2.45, 2.75) is 18.6 Å². The smallest absolute Gasteiger partial charge is 0.308 e. The lowest BCUT2D eigenvalue weighted by Gasteiger charge is -2.21. The van der Waals surface area contributed by atoms with Gasteiger partial charge in [0.15, 0.2) is 0 Å². The van der Waals surface area contributed by atoms with Crippen LogP contribution in [0.15, 0.2) is 24.3 Å². The normalized spacial score (nSPS) is 25.1. The van der Waals surface area contributed by atoms with Crippen LogP contribution >= 0.6 is 0 Å². The van der Waals surface area contributed by atoms with Gasteiger partial charge in [-0.2, -0.15) is 0 Å². The van der Waals surface area contributed by atoms with Crippen LogP contribution in [0.25, 0.3) is 0 Å². The summed E-state index contributed by atoms with van der Waals surface area (Å²) in [4.78, 5) is 11.0. The topological polar surface area (TPSA) is 55.8 Å². The third-order valence-corrected chi connectivity index (χ3v) is 2.47. The SMILES string of the molecule is COc1cccc([C@]2(O)CCC(=O)O2)c1. The minimum absolute atomic E-state index is 0.244. The molecule has 1 aromatic rings. The van der Waals surface area contributed by atoms with Gasteiger partial charge in [-0.25, -0.2) is 0 Å². The van der Waals surface area contributed by atoms with Crippen LogP contribution in [0.5, 0.6) is 5.75 Å². The minimum Gasteiger partial charge on any atom is -0.497 e. The van der Waals surface area contributed by atoms with Crippen LogP contribution in [-0.2, 0) is 15.3 Å². The Morgan fingerprint density at radius 3 is 2.93 bits per heavy atom. The van der Waals surface area contributed by atoms with Crippen molar-refractivity contribution in [3.05, 3.63) is 29.8 Å². The van der Waals surface area contributed by atoms with Crippen molar-refractivity contribution >= 4 is 5.97 Å². The number of hydrogen-bond acceptors (Lipinski definition) is 4. The zero-order valence-electron chi connectivity index (χ0n) is 8.40. The van der Waals surface area contributed by atoms with E-state index in [0.29, 0.717) is 17.7 Å². The van der Waals surface area contributed by atoms with Gasteiger partial charge in [0, 0.05) is 12.0 Å². The van der Waals surface area contributed by atoms with Crippen molar-refractivity contribution < 1.29 is 19.4 Å². The number of methoxy groups -OCH3 is 1. The minimum atomic E-state index is -1.48. The molecular formula is C11H12O4. The Labute approximate surface area is 87.4 Å². The Hall–Kier alpha value is -1.55. The third-order valence-electron chi connectivity index (χ3n) is 2.47. The lowest BCUT2D eigenvalue weighted by atomic mass is 10.0. The van der Waals surface area contributed by atoms with Gasteiger partial charge in [0.05, 0.1) is 13.5 Å². The number of carbonyl (C=O) groups is 1. The average molecular weight is 208 g/mol. The van der Waals surface area contributed by atoms with Crippen molar-refractivity contribution in [3.8, 4) is 5.75 Å². The molecule has 1 fully saturated rings. The summed E-state index contributed by atoms with van der Waals surface area (Å²) in [6.07, 6.45) is 0.534. The van der Waals surface area contributed by atoms with Gasteiger partial charge in [0.1, 0.15) is 5.75 Å². The fourth-order valence-corrected chi connectivity index (χ4v) is 1.63. The molecule has 0 saturated carbocycles. The van der Waals surface area contributed by atoms with Crippen molar-refractivity contribution in [3.63, 3.8) is 0 Å². The number of cyclic esters (lactones) is 1. The maximum atomic E-state index is 11.0. The summed E-state index contributed by atoms with van der Waals surface area (Å²) in [5.41, 5.74) is 0.549. The molecule has 0 spiro atoms. The maximum Gasteiger partial charge on any atom is 0.308 e. The van der Waals surface area contributed by atoms with E-state index in [9.17, 15) is 9.90 Å². The van der Waals surface area contributed by atoms with E-state index in [2.05, 4.69) is 0 Å². The van der Waals surface area contributed by atoms with Crippen LogP contribution in [0.1, 0.15) is 18.4 Å². The first-order valence-electron chi connectivity index (χ1n) is 4.73. The molecule has 1 heterocycles. The first-order valence-corrected chi connectivity index (χ1v) is 4.73. The molecule has 1 aliphatic heterocycles. The van der Waals surface area contributed by atoms with Crippen LogP contribution < -0.4 is 4.74 Å². The Balaban J connectivity index is 2.32. The van der Waals surface area contributed by atoms with E-state index in [1.54, 1.807) is 31.4 Å². The quantitative estimate of drug-likeness (QED) is 0.741. The van der Waals surface area contributed by atoms with E-state index in [-0.39, 0.29) is 12.4 Å². The Morgan fingerprint density at radius 2 is 2.33 bits per heavy atom. The van der Waals surface area contributed by atoms with Crippen molar-refractivity contribution in [1.29, 1.82) is 0 Å². The molecule has 0 bridgehead atoms. The molecule has 15 heavy (non-hydrogen) atoms. The molecule has 0 aliphatic carbocycles. The summed E-state index contributed by atoms with van der Waals surface area (Å²) in [5, 5.41) is 10.1. The maximum absolute atomic E-state index is 11.0. The lowest BCUT2D eigenvalue weighted by molar-refractivity contribution is -0.193. The molecule has 1 aliphatic rings. The van der Waals surface area contributed by atoms with E-state index in [4.69, 9.17) is 9.47 Å². The average Bonchev–Trinajstić information content (AvgIpc) is 2.60. The Bertz CT molecular complexity index is 388. The van der Waals surface area contributed by atoms with E-state index < -0.39 is 5.79 Å². The monoisotopic (exact) mass is 208 g/mol. The molecule has 1 atom stereocenters. The molecule has 4 nitrogen and oxygen atoms in total. The number of ether oxygens (including phenoxy) is 2. The molecule has 1 saturated heterocycles. The van der Waals surface area contributed by atoms with Gasteiger partial charge >= 0.3 is 5.97 Å². The van der Waals surface area contributed by atoms with Crippen LogP contribution in [0.2, 0.25) is 0 Å². The summed E-state index contributed by atoms with van der Waals surface area (Å²) < 4.78 is 9.93. The zero-order chi connectivity index (χ0) is 10.9.